The van der Waals surface area contributed by atoms with E-state index in [-0.39, 0.29) is 17.9 Å². The molecule has 1 aromatic carbocycles. The van der Waals surface area contributed by atoms with Gasteiger partial charge in [0.1, 0.15) is 0 Å². The maximum atomic E-state index is 13.3. The molecular formula is C19H15BrF3N3O2S. The molecule has 0 unspecified atom stereocenters. The highest BCUT2D eigenvalue weighted by molar-refractivity contribution is 9.11. The van der Waals surface area contributed by atoms with Gasteiger partial charge < -0.3 is 5.32 Å². The summed E-state index contributed by atoms with van der Waals surface area (Å²) in [5.41, 5.74) is -2.09. The lowest BCUT2D eigenvalue weighted by Gasteiger charge is -2.16. The van der Waals surface area contributed by atoms with Crippen molar-refractivity contribution in [3.63, 3.8) is 0 Å². The Labute approximate surface area is 176 Å². The first-order chi connectivity index (χ1) is 13.7. The molecule has 0 radical (unpaired) electrons. The van der Waals surface area contributed by atoms with Crippen molar-refractivity contribution in [2.75, 3.05) is 6.54 Å². The lowest BCUT2D eigenvalue weighted by atomic mass is 10.1. The highest BCUT2D eigenvalue weighted by atomic mass is 79.9. The van der Waals surface area contributed by atoms with Crippen LogP contribution in [0.3, 0.4) is 0 Å². The van der Waals surface area contributed by atoms with Gasteiger partial charge in [-0.05, 0) is 53.5 Å². The Bertz CT molecular complexity index is 1110. The monoisotopic (exact) mass is 485 g/mol. The van der Waals surface area contributed by atoms with Gasteiger partial charge >= 0.3 is 6.18 Å². The fraction of sp³-hybridized carbons (Fsp3) is 0.211. The van der Waals surface area contributed by atoms with Crippen molar-refractivity contribution in [3.05, 3.63) is 78.3 Å². The molecule has 1 N–H and O–H groups in total. The van der Waals surface area contributed by atoms with Gasteiger partial charge in [-0.3, -0.25) is 9.59 Å². The third-order valence-electron chi connectivity index (χ3n) is 4.05. The van der Waals surface area contributed by atoms with Crippen molar-refractivity contribution in [1.82, 2.24) is 15.1 Å². The Morgan fingerprint density at radius 1 is 1.24 bits per heavy atom. The Kier molecular flexibility index (Phi) is 6.23. The number of hydrogen-bond donors (Lipinski definition) is 1. The van der Waals surface area contributed by atoms with E-state index in [1.54, 1.807) is 0 Å². The molecule has 0 saturated heterocycles. The number of carbonyl (C=O) groups is 1. The molecule has 3 aromatic rings. The lowest BCUT2D eigenvalue weighted by molar-refractivity contribution is -0.137. The van der Waals surface area contributed by atoms with Gasteiger partial charge in [-0.15, -0.1) is 11.3 Å². The molecule has 29 heavy (non-hydrogen) atoms. The van der Waals surface area contributed by atoms with Crippen molar-refractivity contribution in [3.8, 4) is 5.69 Å². The molecule has 0 saturated carbocycles. The molecule has 2 heterocycles. The quantitative estimate of drug-likeness (QED) is 0.583. The first-order valence-corrected chi connectivity index (χ1v) is 10.1. The molecule has 0 fully saturated rings. The number of halogens is 4. The molecule has 0 aliphatic rings. The van der Waals surface area contributed by atoms with Gasteiger partial charge in [-0.2, -0.15) is 18.3 Å². The van der Waals surface area contributed by atoms with Crippen molar-refractivity contribution in [2.24, 2.45) is 0 Å². The third-order valence-corrected chi connectivity index (χ3v) is 5.73. The Balaban J connectivity index is 1.88. The van der Waals surface area contributed by atoms with Gasteiger partial charge in [0.2, 0.25) is 5.43 Å². The third kappa shape index (κ3) is 4.94. The lowest BCUT2D eigenvalue weighted by Crippen LogP contribution is -2.33. The summed E-state index contributed by atoms with van der Waals surface area (Å²) in [6.07, 6.45) is -4.05. The summed E-state index contributed by atoms with van der Waals surface area (Å²) in [5, 5.41) is 6.53. The molecule has 0 aliphatic carbocycles. The van der Waals surface area contributed by atoms with Crippen LogP contribution in [0, 0.1) is 6.92 Å². The number of thiophene rings is 1. The van der Waals surface area contributed by atoms with E-state index < -0.39 is 28.8 Å². The van der Waals surface area contributed by atoms with Gasteiger partial charge in [0.05, 0.1) is 15.0 Å². The van der Waals surface area contributed by atoms with Crippen LogP contribution in [-0.4, -0.2) is 22.2 Å². The van der Waals surface area contributed by atoms with Crippen LogP contribution in [0.1, 0.15) is 26.6 Å². The van der Waals surface area contributed by atoms with E-state index in [9.17, 15) is 22.8 Å². The SMILES string of the molecule is Cc1cc(=O)c(C(=O)NCCc2ccc(Br)s2)nn1-c1ccccc1C(F)(F)F. The second-order valence-corrected chi connectivity index (χ2v) is 8.68. The molecule has 0 aliphatic heterocycles. The highest BCUT2D eigenvalue weighted by Gasteiger charge is 2.34. The molecule has 0 atom stereocenters. The van der Waals surface area contributed by atoms with Gasteiger partial charge in [0, 0.05) is 23.2 Å². The summed E-state index contributed by atoms with van der Waals surface area (Å²) in [6.45, 7) is 1.72. The summed E-state index contributed by atoms with van der Waals surface area (Å²) in [4.78, 5) is 25.7. The maximum Gasteiger partial charge on any atom is 0.418 e. The van der Waals surface area contributed by atoms with E-state index in [2.05, 4.69) is 26.3 Å². The van der Waals surface area contributed by atoms with E-state index >= 15 is 0 Å². The second-order valence-electron chi connectivity index (χ2n) is 6.14. The maximum absolute atomic E-state index is 13.3. The summed E-state index contributed by atoms with van der Waals surface area (Å²) in [6, 6.07) is 9.76. The van der Waals surface area contributed by atoms with Crippen LogP contribution in [-0.2, 0) is 12.6 Å². The average Bonchev–Trinajstić information content (AvgIpc) is 3.06. The summed E-state index contributed by atoms with van der Waals surface area (Å²) in [7, 11) is 0. The minimum absolute atomic E-state index is 0.187. The van der Waals surface area contributed by atoms with Crippen molar-refractivity contribution in [1.29, 1.82) is 0 Å². The zero-order valence-electron chi connectivity index (χ0n) is 15.1. The Hall–Kier alpha value is -2.46. The zero-order valence-corrected chi connectivity index (χ0v) is 17.5. The Morgan fingerprint density at radius 2 is 1.97 bits per heavy atom. The first-order valence-electron chi connectivity index (χ1n) is 8.47. The number of nitrogens with one attached hydrogen (secondary N) is 1. The van der Waals surface area contributed by atoms with Gasteiger partial charge in [-0.1, -0.05) is 12.1 Å². The molecule has 152 valence electrons. The largest absolute Gasteiger partial charge is 0.418 e. The standard InChI is InChI=1S/C19H15BrF3N3O2S/c1-11-10-15(27)17(18(28)24-9-8-12-6-7-16(20)29-12)25-26(11)14-5-3-2-4-13(14)19(21,22)23/h2-7,10H,8-9H2,1H3,(H,24,28). The van der Waals surface area contributed by atoms with Crippen LogP contribution < -0.4 is 10.7 Å². The van der Waals surface area contributed by atoms with E-state index in [0.717, 1.165) is 25.5 Å². The number of amides is 1. The van der Waals surface area contributed by atoms with Crippen LogP contribution in [0.4, 0.5) is 13.2 Å². The van der Waals surface area contributed by atoms with Crippen LogP contribution >= 0.6 is 27.3 Å². The minimum atomic E-state index is -4.61. The number of benzene rings is 1. The smallest absolute Gasteiger partial charge is 0.350 e. The number of carbonyl (C=O) groups excluding carboxylic acids is 1. The summed E-state index contributed by atoms with van der Waals surface area (Å²) in [5.74, 6) is -0.733. The number of alkyl halides is 3. The molecule has 1 amide bonds. The molecule has 0 bridgehead atoms. The predicted octanol–water partition coefficient (Wildman–Crippen LogP) is 4.36. The number of rotatable bonds is 5. The molecule has 0 spiro atoms. The zero-order chi connectivity index (χ0) is 21.2. The van der Waals surface area contributed by atoms with Crippen LogP contribution in [0.25, 0.3) is 5.69 Å². The van der Waals surface area contributed by atoms with E-state index in [1.807, 2.05) is 12.1 Å². The fourth-order valence-corrected chi connectivity index (χ4v) is 4.20. The number of aryl methyl sites for hydroxylation is 1. The van der Waals surface area contributed by atoms with Gasteiger partial charge in [0.15, 0.2) is 5.69 Å². The number of hydrogen-bond acceptors (Lipinski definition) is 4. The van der Waals surface area contributed by atoms with Crippen LogP contribution in [0.5, 0.6) is 0 Å². The first kappa shape index (κ1) is 21.3. The number of nitrogens with zero attached hydrogens (tertiary/aromatic N) is 2. The van der Waals surface area contributed by atoms with Crippen molar-refractivity contribution in [2.45, 2.75) is 19.5 Å². The van der Waals surface area contributed by atoms with Gasteiger partial charge in [0.25, 0.3) is 5.91 Å². The van der Waals surface area contributed by atoms with E-state index in [0.29, 0.717) is 6.42 Å². The van der Waals surface area contributed by atoms with Gasteiger partial charge in [-0.25, -0.2) is 4.68 Å². The summed E-state index contributed by atoms with van der Waals surface area (Å²) >= 11 is 4.87. The minimum Gasteiger partial charge on any atom is -0.350 e. The molecule has 10 heteroatoms. The average molecular weight is 486 g/mol. The normalized spacial score (nSPS) is 11.5. The second kappa shape index (κ2) is 8.50. The van der Waals surface area contributed by atoms with E-state index in [1.165, 1.54) is 36.5 Å². The highest BCUT2D eigenvalue weighted by Crippen LogP contribution is 2.33. The van der Waals surface area contributed by atoms with Crippen LogP contribution in [0.15, 0.2) is 51.0 Å². The van der Waals surface area contributed by atoms with Crippen molar-refractivity contribution < 1.29 is 18.0 Å². The number of para-hydroxylation sites is 1. The van der Waals surface area contributed by atoms with Crippen molar-refractivity contribution >= 4 is 33.2 Å². The molecule has 2 aromatic heterocycles. The number of aromatic nitrogens is 2. The van der Waals surface area contributed by atoms with E-state index in [4.69, 9.17) is 0 Å². The molecule has 5 nitrogen and oxygen atoms in total. The Morgan fingerprint density at radius 3 is 2.62 bits per heavy atom. The predicted molar refractivity (Wildman–Crippen MR) is 108 cm³/mol. The van der Waals surface area contributed by atoms with Crippen LogP contribution in [0.2, 0.25) is 0 Å². The fourth-order valence-electron chi connectivity index (χ4n) is 2.72. The summed E-state index contributed by atoms with van der Waals surface area (Å²) < 4.78 is 42.0. The topological polar surface area (TPSA) is 64.0 Å². The molecular weight excluding hydrogens is 471 g/mol. The molecule has 3 rings (SSSR count).